The Balaban J connectivity index is 1.55. The van der Waals surface area contributed by atoms with Gasteiger partial charge < -0.3 is 16.0 Å². The van der Waals surface area contributed by atoms with E-state index in [9.17, 15) is 26.4 Å². The quantitative estimate of drug-likeness (QED) is 0.396. The molecule has 0 radical (unpaired) electrons. The van der Waals surface area contributed by atoms with Crippen molar-refractivity contribution >= 4 is 44.8 Å². The Morgan fingerprint density at radius 3 is 2.65 bits per heavy atom. The molecule has 1 amide bonds. The van der Waals surface area contributed by atoms with Crippen LogP contribution < -0.4 is 20.7 Å². The van der Waals surface area contributed by atoms with Crippen LogP contribution in [0.3, 0.4) is 0 Å². The third-order valence-corrected chi connectivity index (χ3v) is 5.38. The number of hydrogen-bond acceptors (Lipinski definition) is 7. The first-order chi connectivity index (χ1) is 16.0. The normalized spacial score (nSPS) is 13.2. The standard InChI is InChI=1S/C21H19F3N6O3S/c1-34(32,33)30-15-4-2-3-12(7-15)10-25-19-16(21(22,23)24)11-26-20(29-19)27-14-6-5-13-8-18(31)28-17(13)9-14/h2-7,9,11,30H,8,10H2,1H3,(H,28,31)(H2,25,26,27,29). The van der Waals surface area contributed by atoms with Crippen molar-refractivity contribution in [1.29, 1.82) is 0 Å². The first kappa shape index (κ1) is 23.3. The monoisotopic (exact) mass is 492 g/mol. The lowest BCUT2D eigenvalue weighted by Crippen LogP contribution is -2.14. The highest BCUT2D eigenvalue weighted by atomic mass is 32.2. The molecular formula is C21H19F3N6O3S. The summed E-state index contributed by atoms with van der Waals surface area (Å²) in [6.07, 6.45) is -2.76. The molecule has 178 valence electrons. The molecule has 4 rings (SSSR count). The topological polar surface area (TPSA) is 125 Å². The van der Waals surface area contributed by atoms with Gasteiger partial charge >= 0.3 is 6.18 Å². The number of carbonyl (C=O) groups excluding carboxylic acids is 1. The fourth-order valence-corrected chi connectivity index (χ4v) is 3.91. The van der Waals surface area contributed by atoms with Gasteiger partial charge in [0.15, 0.2) is 0 Å². The van der Waals surface area contributed by atoms with Crippen LogP contribution >= 0.6 is 0 Å². The summed E-state index contributed by atoms with van der Waals surface area (Å²) in [5, 5.41) is 8.19. The van der Waals surface area contributed by atoms with Crippen LogP contribution in [0.15, 0.2) is 48.7 Å². The molecule has 0 atom stereocenters. The number of sulfonamides is 1. The molecule has 1 aliphatic heterocycles. The largest absolute Gasteiger partial charge is 0.421 e. The second kappa shape index (κ2) is 8.82. The van der Waals surface area contributed by atoms with Crippen molar-refractivity contribution in [3.05, 3.63) is 65.4 Å². The number of fused-ring (bicyclic) bond motifs is 1. The number of carbonyl (C=O) groups is 1. The first-order valence-electron chi connectivity index (χ1n) is 9.91. The number of anilines is 5. The van der Waals surface area contributed by atoms with E-state index in [1.165, 1.54) is 12.1 Å². The van der Waals surface area contributed by atoms with Crippen LogP contribution in [0.5, 0.6) is 0 Å². The number of benzene rings is 2. The molecule has 13 heteroatoms. The number of halogens is 3. The summed E-state index contributed by atoms with van der Waals surface area (Å²) >= 11 is 0. The fourth-order valence-electron chi connectivity index (χ4n) is 3.35. The third kappa shape index (κ3) is 5.73. The summed E-state index contributed by atoms with van der Waals surface area (Å²) in [4.78, 5) is 19.3. The maximum absolute atomic E-state index is 13.5. The fraction of sp³-hybridized carbons (Fsp3) is 0.190. The van der Waals surface area contributed by atoms with Gasteiger partial charge in [-0.25, -0.2) is 13.4 Å². The van der Waals surface area contributed by atoms with E-state index < -0.39 is 27.6 Å². The lowest BCUT2D eigenvalue weighted by molar-refractivity contribution is -0.137. The zero-order valence-corrected chi connectivity index (χ0v) is 18.5. The number of hydrogen-bond donors (Lipinski definition) is 4. The van der Waals surface area contributed by atoms with Crippen LogP contribution in [0.1, 0.15) is 16.7 Å². The molecule has 0 saturated heterocycles. The Morgan fingerprint density at radius 2 is 1.91 bits per heavy atom. The lowest BCUT2D eigenvalue weighted by atomic mass is 10.1. The van der Waals surface area contributed by atoms with Gasteiger partial charge in [-0.05, 0) is 35.4 Å². The van der Waals surface area contributed by atoms with Gasteiger partial charge in [0.1, 0.15) is 11.4 Å². The lowest BCUT2D eigenvalue weighted by Gasteiger charge is -2.15. The van der Waals surface area contributed by atoms with Crippen LogP contribution in [0.2, 0.25) is 0 Å². The first-order valence-corrected chi connectivity index (χ1v) is 11.8. The predicted octanol–water partition coefficient (Wildman–Crippen LogP) is 3.72. The van der Waals surface area contributed by atoms with Gasteiger partial charge in [0.05, 0.1) is 12.7 Å². The van der Waals surface area contributed by atoms with E-state index in [0.717, 1.165) is 11.8 Å². The van der Waals surface area contributed by atoms with Gasteiger partial charge in [-0.2, -0.15) is 18.2 Å². The maximum atomic E-state index is 13.5. The zero-order valence-electron chi connectivity index (χ0n) is 17.7. The highest BCUT2D eigenvalue weighted by Gasteiger charge is 2.35. The average Bonchev–Trinajstić information content (AvgIpc) is 3.10. The van der Waals surface area contributed by atoms with Crippen LogP contribution in [0, 0.1) is 0 Å². The molecule has 1 aromatic heterocycles. The van der Waals surface area contributed by atoms with E-state index in [1.807, 2.05) is 0 Å². The van der Waals surface area contributed by atoms with E-state index in [0.29, 0.717) is 23.1 Å². The molecule has 34 heavy (non-hydrogen) atoms. The summed E-state index contributed by atoms with van der Waals surface area (Å²) < 4.78 is 65.7. The van der Waals surface area contributed by atoms with E-state index in [-0.39, 0.29) is 30.5 Å². The third-order valence-electron chi connectivity index (χ3n) is 4.78. The summed E-state index contributed by atoms with van der Waals surface area (Å²) in [5.74, 6) is -0.659. The minimum atomic E-state index is -4.70. The van der Waals surface area contributed by atoms with Crippen molar-refractivity contribution in [3.8, 4) is 0 Å². The zero-order chi connectivity index (χ0) is 24.5. The molecule has 9 nitrogen and oxygen atoms in total. The van der Waals surface area contributed by atoms with E-state index >= 15 is 0 Å². The number of nitrogens with zero attached hydrogens (tertiary/aromatic N) is 2. The van der Waals surface area contributed by atoms with Crippen LogP contribution in [0.4, 0.5) is 42.0 Å². The maximum Gasteiger partial charge on any atom is 0.421 e. The molecule has 0 fully saturated rings. The molecule has 0 bridgehead atoms. The second-order valence-electron chi connectivity index (χ2n) is 7.60. The molecule has 2 aromatic carbocycles. The molecule has 0 aliphatic carbocycles. The smallest absolute Gasteiger partial charge is 0.365 e. The average molecular weight is 492 g/mol. The minimum absolute atomic E-state index is 0.0519. The van der Waals surface area contributed by atoms with Crippen LogP contribution in [-0.4, -0.2) is 30.5 Å². The Kier molecular flexibility index (Phi) is 6.04. The van der Waals surface area contributed by atoms with Crippen LogP contribution in [0.25, 0.3) is 0 Å². The number of rotatable bonds is 7. The Hall–Kier alpha value is -3.87. The predicted molar refractivity (Wildman–Crippen MR) is 121 cm³/mol. The van der Waals surface area contributed by atoms with Crippen molar-refractivity contribution in [2.24, 2.45) is 0 Å². The van der Waals surface area contributed by atoms with Gasteiger partial charge in [-0.15, -0.1) is 0 Å². The van der Waals surface area contributed by atoms with Gasteiger partial charge in [-0.1, -0.05) is 18.2 Å². The van der Waals surface area contributed by atoms with Crippen molar-refractivity contribution in [2.45, 2.75) is 19.1 Å². The van der Waals surface area contributed by atoms with Crippen molar-refractivity contribution < 1.29 is 26.4 Å². The van der Waals surface area contributed by atoms with Crippen molar-refractivity contribution in [2.75, 3.05) is 26.9 Å². The van der Waals surface area contributed by atoms with E-state index in [1.54, 1.807) is 30.3 Å². The molecule has 1 aliphatic rings. The molecule has 0 unspecified atom stereocenters. The highest BCUT2D eigenvalue weighted by Crippen LogP contribution is 2.35. The van der Waals surface area contributed by atoms with Gasteiger partial charge in [0, 0.05) is 29.8 Å². The Bertz CT molecular complexity index is 1360. The SMILES string of the molecule is CS(=O)(=O)Nc1cccc(CNc2nc(Nc3ccc4c(c3)NC(=O)C4)ncc2C(F)(F)F)c1. The van der Waals surface area contributed by atoms with Crippen molar-refractivity contribution in [3.63, 3.8) is 0 Å². The summed E-state index contributed by atoms with van der Waals surface area (Å²) in [7, 11) is -3.50. The summed E-state index contributed by atoms with van der Waals surface area (Å²) in [5.41, 5.74) is 1.69. The molecule has 4 N–H and O–H groups in total. The second-order valence-corrected chi connectivity index (χ2v) is 9.35. The van der Waals surface area contributed by atoms with Crippen LogP contribution in [-0.2, 0) is 34.0 Å². The number of nitrogens with one attached hydrogen (secondary N) is 4. The van der Waals surface area contributed by atoms with Gasteiger partial charge in [0.25, 0.3) is 0 Å². The highest BCUT2D eigenvalue weighted by molar-refractivity contribution is 7.92. The van der Waals surface area contributed by atoms with E-state index in [2.05, 4.69) is 30.6 Å². The Labute approximate surface area is 192 Å². The molecule has 2 heterocycles. The Morgan fingerprint density at radius 1 is 1.12 bits per heavy atom. The molecular weight excluding hydrogens is 473 g/mol. The summed E-state index contributed by atoms with van der Waals surface area (Å²) in [6.45, 7) is -0.0519. The number of alkyl halides is 3. The van der Waals surface area contributed by atoms with E-state index in [4.69, 9.17) is 0 Å². The number of amides is 1. The van der Waals surface area contributed by atoms with Gasteiger partial charge in [-0.3, -0.25) is 9.52 Å². The summed E-state index contributed by atoms with van der Waals surface area (Å²) in [6, 6.07) is 11.3. The van der Waals surface area contributed by atoms with Crippen molar-refractivity contribution in [1.82, 2.24) is 9.97 Å². The molecule has 0 spiro atoms. The molecule has 3 aromatic rings. The molecule has 0 saturated carbocycles. The number of aromatic nitrogens is 2. The van der Waals surface area contributed by atoms with Gasteiger partial charge in [0.2, 0.25) is 21.9 Å². The minimum Gasteiger partial charge on any atom is -0.365 e.